The number of halogens is 1. The summed E-state index contributed by atoms with van der Waals surface area (Å²) < 4.78 is 5.45. The fraction of sp³-hybridized carbons (Fsp3) is 0.462. The van der Waals surface area contributed by atoms with E-state index < -0.39 is 6.10 Å². The number of nitrogens with zero attached hydrogens (tertiary/aromatic N) is 1. The Morgan fingerprint density at radius 3 is 3.00 bits per heavy atom. The number of aryl methyl sites for hydroxylation is 1. The van der Waals surface area contributed by atoms with Crippen LogP contribution in [-0.4, -0.2) is 38.8 Å². The first-order valence-corrected chi connectivity index (χ1v) is 6.35. The molecule has 5 heteroatoms. The average Bonchev–Trinajstić information content (AvgIpc) is 2.36. The van der Waals surface area contributed by atoms with Gasteiger partial charge in [-0.2, -0.15) is 0 Å². The molecule has 1 heterocycles. The van der Waals surface area contributed by atoms with Gasteiger partial charge in [0.25, 0.3) is 5.91 Å². The minimum atomic E-state index is -0.413. The summed E-state index contributed by atoms with van der Waals surface area (Å²) >= 11 is 6.10. The Bertz CT molecular complexity index is 449. The normalized spacial score (nSPS) is 20.3. The first kappa shape index (κ1) is 13.3. The Kier molecular flexibility index (Phi) is 4.22. The summed E-state index contributed by atoms with van der Waals surface area (Å²) in [5.41, 5.74) is 1.84. The van der Waals surface area contributed by atoms with Gasteiger partial charge in [-0.15, -0.1) is 0 Å². The molecule has 1 aliphatic heterocycles. The number of amides is 1. The monoisotopic (exact) mass is 268 g/mol. The lowest BCUT2D eigenvalue weighted by atomic mass is 10.1. The molecule has 4 nitrogen and oxygen atoms in total. The third-order valence-electron chi connectivity index (χ3n) is 3.03. The van der Waals surface area contributed by atoms with Gasteiger partial charge < -0.3 is 15.0 Å². The Morgan fingerprint density at radius 2 is 2.33 bits per heavy atom. The van der Waals surface area contributed by atoms with E-state index in [-0.39, 0.29) is 5.91 Å². The summed E-state index contributed by atoms with van der Waals surface area (Å²) in [6.07, 6.45) is -0.413. The van der Waals surface area contributed by atoms with E-state index in [0.29, 0.717) is 24.7 Å². The van der Waals surface area contributed by atoms with E-state index in [4.69, 9.17) is 16.3 Å². The van der Waals surface area contributed by atoms with Gasteiger partial charge in [-0.1, -0.05) is 17.7 Å². The molecule has 0 bridgehead atoms. The summed E-state index contributed by atoms with van der Waals surface area (Å²) in [5.74, 6) is -0.0180. The molecule has 0 aromatic heterocycles. The smallest absolute Gasteiger partial charge is 0.257 e. The molecule has 1 aromatic rings. The van der Waals surface area contributed by atoms with Gasteiger partial charge in [-0.25, -0.2) is 0 Å². The average molecular weight is 269 g/mol. The molecule has 98 valence electrons. The number of carbonyl (C=O) groups is 1. The molecular formula is C13H17ClN2O2. The van der Waals surface area contributed by atoms with E-state index >= 15 is 0 Å². The fourth-order valence-corrected chi connectivity index (χ4v) is 2.15. The molecule has 1 atom stereocenters. The lowest BCUT2D eigenvalue weighted by molar-refractivity contribution is -0.133. The summed E-state index contributed by atoms with van der Waals surface area (Å²) in [6.45, 7) is 3.58. The number of anilines is 1. The molecular weight excluding hydrogens is 252 g/mol. The van der Waals surface area contributed by atoms with Gasteiger partial charge in [0.2, 0.25) is 0 Å². The largest absolute Gasteiger partial charge is 0.365 e. The molecule has 1 N–H and O–H groups in total. The van der Waals surface area contributed by atoms with Crippen molar-refractivity contribution in [2.24, 2.45) is 0 Å². The molecule has 1 aliphatic rings. The molecule has 2 rings (SSSR count). The predicted octanol–water partition coefficient (Wildman–Crippen LogP) is 1.60. The van der Waals surface area contributed by atoms with Crippen molar-refractivity contribution in [2.75, 3.05) is 31.6 Å². The highest BCUT2D eigenvalue weighted by molar-refractivity contribution is 6.31. The maximum absolute atomic E-state index is 12.2. The first-order chi connectivity index (χ1) is 8.63. The van der Waals surface area contributed by atoms with Crippen LogP contribution in [0.15, 0.2) is 18.2 Å². The highest BCUT2D eigenvalue weighted by atomic mass is 35.5. The van der Waals surface area contributed by atoms with Crippen molar-refractivity contribution in [1.29, 1.82) is 0 Å². The summed E-state index contributed by atoms with van der Waals surface area (Å²) in [7, 11) is 1.80. The minimum Gasteiger partial charge on any atom is -0.365 e. The van der Waals surface area contributed by atoms with Crippen LogP contribution < -0.4 is 10.2 Å². The number of hydrogen-bond donors (Lipinski definition) is 1. The zero-order valence-electron chi connectivity index (χ0n) is 10.6. The van der Waals surface area contributed by atoms with E-state index in [1.54, 1.807) is 11.9 Å². The number of carbonyl (C=O) groups excluding carboxylic acids is 1. The van der Waals surface area contributed by atoms with Crippen LogP contribution in [-0.2, 0) is 9.53 Å². The molecule has 1 saturated heterocycles. The number of hydrogen-bond acceptors (Lipinski definition) is 3. The van der Waals surface area contributed by atoms with Crippen molar-refractivity contribution in [3.8, 4) is 0 Å². The first-order valence-electron chi connectivity index (χ1n) is 5.97. The van der Waals surface area contributed by atoms with Crippen molar-refractivity contribution in [3.63, 3.8) is 0 Å². The van der Waals surface area contributed by atoms with Gasteiger partial charge in [0.15, 0.2) is 0 Å². The van der Waals surface area contributed by atoms with Gasteiger partial charge in [-0.05, 0) is 31.7 Å². The Labute approximate surface area is 112 Å². The Balaban J connectivity index is 2.21. The van der Waals surface area contributed by atoms with Crippen LogP contribution in [0.1, 0.15) is 5.56 Å². The van der Waals surface area contributed by atoms with Crippen LogP contribution in [0.25, 0.3) is 0 Å². The van der Waals surface area contributed by atoms with Crippen LogP contribution in [0, 0.1) is 6.92 Å². The van der Waals surface area contributed by atoms with Crippen LogP contribution in [0.2, 0.25) is 5.02 Å². The molecule has 1 fully saturated rings. The lowest BCUT2D eigenvalue weighted by Gasteiger charge is -2.32. The standard InChI is InChI=1S/C13H17ClN2O2/c1-9-3-4-10(7-11(9)14)16-5-6-18-12(8-15-2)13(16)17/h3-4,7,12,15H,5-6,8H2,1-2H3. The van der Waals surface area contributed by atoms with Gasteiger partial charge in [0.1, 0.15) is 6.10 Å². The third kappa shape index (κ3) is 2.66. The van der Waals surface area contributed by atoms with Crippen LogP contribution in [0.5, 0.6) is 0 Å². The molecule has 0 radical (unpaired) electrons. The zero-order valence-corrected chi connectivity index (χ0v) is 11.3. The Hall–Kier alpha value is -1.10. The maximum atomic E-state index is 12.2. The quantitative estimate of drug-likeness (QED) is 0.905. The number of benzene rings is 1. The number of rotatable bonds is 3. The third-order valence-corrected chi connectivity index (χ3v) is 3.44. The van der Waals surface area contributed by atoms with Crippen molar-refractivity contribution >= 4 is 23.2 Å². The topological polar surface area (TPSA) is 41.6 Å². The van der Waals surface area contributed by atoms with Gasteiger partial charge >= 0.3 is 0 Å². The zero-order chi connectivity index (χ0) is 13.1. The van der Waals surface area contributed by atoms with E-state index in [9.17, 15) is 4.79 Å². The van der Waals surface area contributed by atoms with E-state index in [2.05, 4.69) is 5.32 Å². The highest BCUT2D eigenvalue weighted by Crippen LogP contribution is 2.25. The second-order valence-corrected chi connectivity index (χ2v) is 4.75. The van der Waals surface area contributed by atoms with Crippen LogP contribution in [0.3, 0.4) is 0 Å². The van der Waals surface area contributed by atoms with E-state index in [0.717, 1.165) is 11.3 Å². The molecule has 1 aromatic carbocycles. The predicted molar refractivity (Wildman–Crippen MR) is 72.2 cm³/mol. The molecule has 18 heavy (non-hydrogen) atoms. The van der Waals surface area contributed by atoms with Gasteiger partial charge in [0, 0.05) is 23.8 Å². The second-order valence-electron chi connectivity index (χ2n) is 4.34. The van der Waals surface area contributed by atoms with Crippen molar-refractivity contribution in [1.82, 2.24) is 5.32 Å². The van der Waals surface area contributed by atoms with Crippen LogP contribution >= 0.6 is 11.6 Å². The summed E-state index contributed by atoms with van der Waals surface area (Å²) in [4.78, 5) is 14.0. The van der Waals surface area contributed by atoms with Crippen LogP contribution in [0.4, 0.5) is 5.69 Å². The van der Waals surface area contributed by atoms with E-state index in [1.165, 1.54) is 0 Å². The summed E-state index contributed by atoms with van der Waals surface area (Å²) in [6, 6.07) is 5.67. The van der Waals surface area contributed by atoms with Gasteiger partial charge in [0.05, 0.1) is 6.61 Å². The van der Waals surface area contributed by atoms with Crippen molar-refractivity contribution < 1.29 is 9.53 Å². The second kappa shape index (κ2) is 5.69. The number of morpholine rings is 1. The molecule has 0 saturated carbocycles. The van der Waals surface area contributed by atoms with Gasteiger partial charge in [-0.3, -0.25) is 4.79 Å². The van der Waals surface area contributed by atoms with E-state index in [1.807, 2.05) is 25.1 Å². The number of likely N-dealkylation sites (N-methyl/N-ethyl adjacent to an activating group) is 1. The van der Waals surface area contributed by atoms with Crippen molar-refractivity contribution in [2.45, 2.75) is 13.0 Å². The fourth-order valence-electron chi connectivity index (χ4n) is 1.98. The molecule has 1 amide bonds. The van der Waals surface area contributed by atoms with Crippen molar-refractivity contribution in [3.05, 3.63) is 28.8 Å². The summed E-state index contributed by atoms with van der Waals surface area (Å²) in [5, 5.41) is 3.64. The lowest BCUT2D eigenvalue weighted by Crippen LogP contribution is -2.51. The maximum Gasteiger partial charge on any atom is 0.257 e. The molecule has 0 spiro atoms. The molecule has 0 aliphatic carbocycles. The molecule has 1 unspecified atom stereocenters. The Morgan fingerprint density at radius 1 is 1.56 bits per heavy atom. The minimum absolute atomic E-state index is 0.0180. The number of nitrogens with one attached hydrogen (secondary N) is 1. The SMILES string of the molecule is CNCC1OCCN(c2ccc(C)c(Cl)c2)C1=O. The highest BCUT2D eigenvalue weighted by Gasteiger charge is 2.30. The number of ether oxygens (including phenoxy) is 1.